The van der Waals surface area contributed by atoms with Gasteiger partial charge in [-0.15, -0.1) is 0 Å². The number of amides is 1. The fourth-order valence-electron chi connectivity index (χ4n) is 3.93. The Balaban J connectivity index is 1.43. The Bertz CT molecular complexity index is 667. The average Bonchev–Trinajstić information content (AvgIpc) is 3.23. The Morgan fingerprint density at radius 3 is 2.21 bits per heavy atom. The van der Waals surface area contributed by atoms with Gasteiger partial charge in [-0.3, -0.25) is 9.59 Å². The number of ether oxygens (including phenoxy) is 1. The minimum absolute atomic E-state index is 0.0908. The summed E-state index contributed by atoms with van der Waals surface area (Å²) in [4.78, 5) is 28.4. The summed E-state index contributed by atoms with van der Waals surface area (Å²) in [6.45, 7) is 2.73. The van der Waals surface area contributed by atoms with E-state index in [0.29, 0.717) is 13.1 Å². The van der Waals surface area contributed by atoms with Gasteiger partial charge in [0.15, 0.2) is 0 Å². The molecule has 0 spiro atoms. The summed E-state index contributed by atoms with van der Waals surface area (Å²) < 4.78 is 5.61. The molecule has 126 valence electrons. The first kappa shape index (κ1) is 15.2. The first-order chi connectivity index (χ1) is 11.6. The Kier molecular flexibility index (Phi) is 3.76. The highest BCUT2D eigenvalue weighted by Crippen LogP contribution is 2.40. The molecule has 1 aromatic rings. The van der Waals surface area contributed by atoms with Gasteiger partial charge in [0.2, 0.25) is 5.91 Å². The molecule has 6 heteroatoms. The topological polar surface area (TPSA) is 70.1 Å². The summed E-state index contributed by atoms with van der Waals surface area (Å²) in [6.07, 6.45) is 2.73. The quantitative estimate of drug-likeness (QED) is 0.838. The lowest BCUT2D eigenvalue weighted by Gasteiger charge is -2.38. The number of anilines is 1. The highest BCUT2D eigenvalue weighted by molar-refractivity contribution is 5.87. The first-order valence-corrected chi connectivity index (χ1v) is 8.30. The number of hydrogen-bond donors (Lipinski definition) is 1. The minimum Gasteiger partial charge on any atom is -0.481 e. The molecule has 3 heterocycles. The van der Waals surface area contributed by atoms with Crippen LogP contribution in [0.5, 0.6) is 0 Å². The zero-order chi connectivity index (χ0) is 16.7. The second-order valence-electron chi connectivity index (χ2n) is 6.49. The first-order valence-electron chi connectivity index (χ1n) is 8.30. The summed E-state index contributed by atoms with van der Waals surface area (Å²) in [5.41, 5.74) is 1.15. The van der Waals surface area contributed by atoms with Crippen molar-refractivity contribution in [2.24, 2.45) is 11.8 Å². The highest BCUT2D eigenvalue weighted by Gasteiger charge is 2.54. The molecule has 0 saturated carbocycles. The molecule has 4 rings (SSSR count). The van der Waals surface area contributed by atoms with Crippen molar-refractivity contribution >= 4 is 17.6 Å². The van der Waals surface area contributed by atoms with Gasteiger partial charge in [-0.1, -0.05) is 30.4 Å². The van der Waals surface area contributed by atoms with Gasteiger partial charge in [0, 0.05) is 31.9 Å². The van der Waals surface area contributed by atoms with Crippen LogP contribution < -0.4 is 4.90 Å². The minimum atomic E-state index is -0.951. The van der Waals surface area contributed by atoms with Crippen molar-refractivity contribution in [3.63, 3.8) is 0 Å². The fourth-order valence-corrected chi connectivity index (χ4v) is 3.93. The number of fused-ring (bicyclic) bond motifs is 2. The molecular formula is C18H20N2O4. The van der Waals surface area contributed by atoms with Crippen LogP contribution in [0.15, 0.2) is 42.5 Å². The van der Waals surface area contributed by atoms with Crippen LogP contribution in [-0.4, -0.2) is 60.3 Å². The summed E-state index contributed by atoms with van der Waals surface area (Å²) in [5, 5.41) is 9.45. The fraction of sp³-hybridized carbons (Fsp3) is 0.444. The molecule has 1 amide bonds. The third-order valence-electron chi connectivity index (χ3n) is 5.18. The van der Waals surface area contributed by atoms with Crippen molar-refractivity contribution in [1.82, 2.24) is 4.90 Å². The second kappa shape index (κ2) is 5.94. The van der Waals surface area contributed by atoms with E-state index in [0.717, 1.165) is 18.8 Å². The summed E-state index contributed by atoms with van der Waals surface area (Å²) >= 11 is 0. The van der Waals surface area contributed by atoms with E-state index in [1.54, 1.807) is 11.0 Å². The molecule has 1 N–H and O–H groups in total. The van der Waals surface area contributed by atoms with Crippen LogP contribution >= 0.6 is 0 Å². The second-order valence-corrected chi connectivity index (χ2v) is 6.49. The van der Waals surface area contributed by atoms with E-state index >= 15 is 0 Å². The largest absolute Gasteiger partial charge is 0.481 e. The molecule has 2 fully saturated rings. The van der Waals surface area contributed by atoms with E-state index in [2.05, 4.69) is 17.0 Å². The van der Waals surface area contributed by atoms with E-state index in [1.807, 2.05) is 24.3 Å². The average molecular weight is 328 g/mol. The van der Waals surface area contributed by atoms with Gasteiger partial charge < -0.3 is 19.6 Å². The van der Waals surface area contributed by atoms with Gasteiger partial charge in [0.25, 0.3) is 0 Å². The van der Waals surface area contributed by atoms with Crippen LogP contribution in [-0.2, 0) is 14.3 Å². The molecule has 6 nitrogen and oxygen atoms in total. The zero-order valence-electron chi connectivity index (χ0n) is 13.2. The van der Waals surface area contributed by atoms with Crippen LogP contribution in [0.25, 0.3) is 0 Å². The number of carbonyl (C=O) groups excluding carboxylic acids is 1. The number of hydrogen-bond acceptors (Lipinski definition) is 4. The van der Waals surface area contributed by atoms with E-state index in [1.165, 1.54) is 0 Å². The number of carbonyl (C=O) groups is 2. The van der Waals surface area contributed by atoms with Crippen LogP contribution in [0.2, 0.25) is 0 Å². The molecule has 0 radical (unpaired) electrons. The molecule has 4 unspecified atom stereocenters. The number of para-hydroxylation sites is 1. The number of rotatable bonds is 3. The highest BCUT2D eigenvalue weighted by atomic mass is 16.5. The van der Waals surface area contributed by atoms with E-state index in [9.17, 15) is 14.7 Å². The predicted octanol–water partition coefficient (Wildman–Crippen LogP) is 0.989. The van der Waals surface area contributed by atoms with E-state index in [-0.39, 0.29) is 5.91 Å². The smallest absolute Gasteiger partial charge is 0.310 e. The molecular weight excluding hydrogens is 308 g/mol. The molecule has 2 bridgehead atoms. The predicted molar refractivity (Wildman–Crippen MR) is 87.7 cm³/mol. The lowest BCUT2D eigenvalue weighted by molar-refractivity contribution is -0.149. The van der Waals surface area contributed by atoms with Crippen molar-refractivity contribution < 1.29 is 19.4 Å². The van der Waals surface area contributed by atoms with Crippen LogP contribution in [0.4, 0.5) is 5.69 Å². The molecule has 4 atom stereocenters. The van der Waals surface area contributed by atoms with Gasteiger partial charge >= 0.3 is 5.97 Å². The number of piperazine rings is 1. The molecule has 3 aliphatic rings. The zero-order valence-corrected chi connectivity index (χ0v) is 13.2. The molecule has 24 heavy (non-hydrogen) atoms. The third-order valence-corrected chi connectivity index (χ3v) is 5.18. The lowest BCUT2D eigenvalue weighted by Crippen LogP contribution is -2.53. The Labute approximate surface area is 140 Å². The van der Waals surface area contributed by atoms with Crippen molar-refractivity contribution in [2.45, 2.75) is 12.2 Å². The van der Waals surface area contributed by atoms with Gasteiger partial charge in [-0.2, -0.15) is 0 Å². The number of benzene rings is 1. The van der Waals surface area contributed by atoms with Crippen LogP contribution in [0, 0.1) is 11.8 Å². The van der Waals surface area contributed by atoms with E-state index < -0.39 is 30.0 Å². The maximum atomic E-state index is 12.9. The SMILES string of the molecule is O=C(O)C1C2C=CC(O2)C1C(=O)N1CCN(c2ccccc2)CC1. The lowest BCUT2D eigenvalue weighted by atomic mass is 9.82. The van der Waals surface area contributed by atoms with Crippen LogP contribution in [0.3, 0.4) is 0 Å². The van der Waals surface area contributed by atoms with Crippen molar-refractivity contribution in [3.05, 3.63) is 42.5 Å². The summed E-state index contributed by atoms with van der Waals surface area (Å²) in [6, 6.07) is 10.1. The normalized spacial score (nSPS) is 31.5. The number of carboxylic acid groups (broad SMARTS) is 1. The van der Waals surface area contributed by atoms with Crippen molar-refractivity contribution in [2.75, 3.05) is 31.1 Å². The molecule has 0 aliphatic carbocycles. The maximum absolute atomic E-state index is 12.9. The maximum Gasteiger partial charge on any atom is 0.310 e. The Hall–Kier alpha value is -2.34. The monoisotopic (exact) mass is 328 g/mol. The third kappa shape index (κ3) is 2.47. The van der Waals surface area contributed by atoms with Crippen molar-refractivity contribution in [3.8, 4) is 0 Å². The number of aliphatic carboxylic acids is 1. The Morgan fingerprint density at radius 2 is 1.58 bits per heavy atom. The van der Waals surface area contributed by atoms with E-state index in [4.69, 9.17) is 4.74 Å². The molecule has 1 aromatic carbocycles. The summed E-state index contributed by atoms with van der Waals surface area (Å²) in [5.74, 6) is -2.40. The standard InChI is InChI=1S/C18H20N2O4/c21-17(15-13-6-7-14(24-13)16(15)18(22)23)20-10-8-19(9-11-20)12-4-2-1-3-5-12/h1-7,13-16H,8-11H2,(H,22,23). The van der Waals surface area contributed by atoms with Gasteiger partial charge in [0.05, 0.1) is 18.1 Å². The molecule has 2 saturated heterocycles. The van der Waals surface area contributed by atoms with Crippen molar-refractivity contribution in [1.29, 1.82) is 0 Å². The van der Waals surface area contributed by atoms with Gasteiger partial charge in [0.1, 0.15) is 5.92 Å². The number of nitrogens with zero attached hydrogens (tertiary/aromatic N) is 2. The number of carboxylic acids is 1. The Morgan fingerprint density at radius 1 is 0.958 bits per heavy atom. The van der Waals surface area contributed by atoms with Crippen LogP contribution in [0.1, 0.15) is 0 Å². The summed E-state index contributed by atoms with van der Waals surface area (Å²) in [7, 11) is 0. The molecule has 0 aromatic heterocycles. The van der Waals surface area contributed by atoms with Gasteiger partial charge in [-0.25, -0.2) is 0 Å². The van der Waals surface area contributed by atoms with Gasteiger partial charge in [-0.05, 0) is 12.1 Å². The molecule has 3 aliphatic heterocycles.